The molecule has 0 saturated carbocycles. The standard InChI is InChI=1S/C23H25ClFN5O4/c1-23(2,3)34-22(31)30-8-13-10-32-11-14(9-30)19(13)33-21-18(25)20(27-12-28-21)29-17-6-5-15(26-4)7-16(17)24/h5-7,12-14,19H,8-11H2,1-3H3,(H,27,28,29). The average molecular weight is 490 g/mol. The summed E-state index contributed by atoms with van der Waals surface area (Å²) in [6.07, 6.45) is 0.430. The van der Waals surface area contributed by atoms with Gasteiger partial charge in [0.05, 0.1) is 30.5 Å². The second-order valence-electron chi connectivity index (χ2n) is 9.27. The number of nitrogens with one attached hydrogen (secondary N) is 1. The maximum Gasteiger partial charge on any atom is 0.410 e. The maximum absolute atomic E-state index is 15.2. The molecule has 1 N–H and O–H groups in total. The predicted molar refractivity (Wildman–Crippen MR) is 123 cm³/mol. The van der Waals surface area contributed by atoms with Gasteiger partial charge in [-0.05, 0) is 32.9 Å². The number of rotatable bonds is 4. The van der Waals surface area contributed by atoms with Gasteiger partial charge < -0.3 is 24.4 Å². The van der Waals surface area contributed by atoms with Crippen molar-refractivity contribution in [1.29, 1.82) is 0 Å². The number of piperidine rings is 1. The molecule has 1 amide bonds. The molecule has 2 fully saturated rings. The van der Waals surface area contributed by atoms with E-state index in [1.165, 1.54) is 12.4 Å². The largest absolute Gasteiger partial charge is 0.471 e. The number of fused-ring (bicyclic) bond motifs is 2. The third-order valence-electron chi connectivity index (χ3n) is 5.49. The highest BCUT2D eigenvalue weighted by atomic mass is 35.5. The van der Waals surface area contributed by atoms with Gasteiger partial charge in [-0.25, -0.2) is 14.6 Å². The van der Waals surface area contributed by atoms with Crippen LogP contribution in [0.5, 0.6) is 5.88 Å². The van der Waals surface area contributed by atoms with Gasteiger partial charge in [0.2, 0.25) is 5.82 Å². The van der Waals surface area contributed by atoms with E-state index in [2.05, 4.69) is 20.1 Å². The molecular weight excluding hydrogens is 465 g/mol. The number of benzene rings is 1. The monoisotopic (exact) mass is 489 g/mol. The highest BCUT2D eigenvalue weighted by Crippen LogP contribution is 2.35. The average Bonchev–Trinajstić information content (AvgIpc) is 2.76. The maximum atomic E-state index is 15.2. The molecule has 1 aromatic carbocycles. The van der Waals surface area contributed by atoms with Gasteiger partial charge in [0, 0.05) is 24.9 Å². The second kappa shape index (κ2) is 9.60. The second-order valence-corrected chi connectivity index (χ2v) is 9.67. The minimum atomic E-state index is -0.763. The molecule has 0 radical (unpaired) electrons. The normalized spacial score (nSPS) is 22.0. The van der Waals surface area contributed by atoms with E-state index >= 15 is 4.39 Å². The summed E-state index contributed by atoms with van der Waals surface area (Å²) in [5, 5.41) is 3.09. The Morgan fingerprint density at radius 3 is 2.62 bits per heavy atom. The van der Waals surface area contributed by atoms with Crippen LogP contribution < -0.4 is 10.1 Å². The summed E-state index contributed by atoms with van der Waals surface area (Å²) in [5.41, 5.74) is 0.172. The van der Waals surface area contributed by atoms with Gasteiger partial charge in [-0.2, -0.15) is 9.37 Å². The van der Waals surface area contributed by atoms with Crippen molar-refractivity contribution in [2.45, 2.75) is 32.5 Å². The van der Waals surface area contributed by atoms with Crippen LogP contribution in [0.2, 0.25) is 5.02 Å². The molecule has 9 nitrogen and oxygen atoms in total. The third kappa shape index (κ3) is 5.32. The number of carbonyl (C=O) groups excluding carboxylic acids is 1. The summed E-state index contributed by atoms with van der Waals surface area (Å²) < 4.78 is 32.4. The Bertz CT molecular complexity index is 1110. The van der Waals surface area contributed by atoms with Crippen LogP contribution in [0.25, 0.3) is 4.85 Å². The van der Waals surface area contributed by atoms with Crippen molar-refractivity contribution in [1.82, 2.24) is 14.9 Å². The first-order chi connectivity index (χ1) is 16.1. The lowest BCUT2D eigenvalue weighted by atomic mass is 9.84. The van der Waals surface area contributed by atoms with E-state index in [0.29, 0.717) is 37.7 Å². The van der Waals surface area contributed by atoms with Crippen LogP contribution in [-0.4, -0.2) is 59.0 Å². The zero-order valence-corrected chi connectivity index (χ0v) is 19.8. The number of likely N-dealkylation sites (tertiary alicyclic amines) is 1. The number of hydrogen-bond donors (Lipinski definition) is 1. The molecule has 11 heteroatoms. The summed E-state index contributed by atoms with van der Waals surface area (Å²) >= 11 is 6.19. The molecular formula is C23H25ClFN5O4. The Labute approximate surface area is 202 Å². The number of halogens is 2. The number of nitrogens with zero attached hydrogens (tertiary/aromatic N) is 4. The summed E-state index contributed by atoms with van der Waals surface area (Å²) in [7, 11) is 0. The quantitative estimate of drug-likeness (QED) is 0.615. The van der Waals surface area contributed by atoms with Crippen LogP contribution in [0.1, 0.15) is 20.8 Å². The van der Waals surface area contributed by atoms with Crippen molar-refractivity contribution in [2.24, 2.45) is 11.8 Å². The van der Waals surface area contributed by atoms with Crippen molar-refractivity contribution in [3.05, 3.63) is 46.8 Å². The Morgan fingerprint density at radius 1 is 1.29 bits per heavy atom. The van der Waals surface area contributed by atoms with Gasteiger partial charge in [0.25, 0.3) is 5.88 Å². The van der Waals surface area contributed by atoms with Crippen LogP contribution in [0.3, 0.4) is 0 Å². The number of hydrogen-bond acceptors (Lipinski definition) is 7. The summed E-state index contributed by atoms with van der Waals surface area (Å²) in [5.74, 6) is -1.39. The topological polar surface area (TPSA) is 90.2 Å². The Hall–Kier alpha value is -3.16. The highest BCUT2D eigenvalue weighted by molar-refractivity contribution is 6.33. The smallest absolute Gasteiger partial charge is 0.410 e. The molecule has 4 rings (SSSR count). The minimum Gasteiger partial charge on any atom is -0.471 e. The van der Waals surface area contributed by atoms with Gasteiger partial charge >= 0.3 is 6.09 Å². The molecule has 2 aliphatic rings. The Morgan fingerprint density at radius 2 is 2.00 bits per heavy atom. The van der Waals surface area contributed by atoms with E-state index in [1.807, 2.05) is 20.8 Å². The molecule has 2 atom stereocenters. The van der Waals surface area contributed by atoms with Gasteiger partial charge in [-0.3, -0.25) is 0 Å². The molecule has 2 unspecified atom stereocenters. The van der Waals surface area contributed by atoms with Gasteiger partial charge in [-0.1, -0.05) is 17.7 Å². The number of amides is 1. The van der Waals surface area contributed by atoms with Crippen molar-refractivity contribution < 1.29 is 23.4 Å². The van der Waals surface area contributed by atoms with Crippen LogP contribution in [0.15, 0.2) is 24.5 Å². The lowest BCUT2D eigenvalue weighted by Crippen LogP contribution is -2.59. The van der Waals surface area contributed by atoms with Gasteiger partial charge in [-0.15, -0.1) is 0 Å². The molecule has 3 heterocycles. The molecule has 1 aromatic heterocycles. The molecule has 2 bridgehead atoms. The number of ether oxygens (including phenoxy) is 3. The molecule has 34 heavy (non-hydrogen) atoms. The SMILES string of the molecule is [C-]#[N+]c1ccc(Nc2ncnc(OC3C4COCC3CN(C(=O)OC(C)(C)C)C4)c2F)c(Cl)c1. The fourth-order valence-corrected chi connectivity index (χ4v) is 4.24. The zero-order chi connectivity index (χ0) is 24.5. The van der Waals surface area contributed by atoms with E-state index in [-0.39, 0.29) is 40.8 Å². The lowest BCUT2D eigenvalue weighted by molar-refractivity contribution is -0.114. The van der Waals surface area contributed by atoms with Crippen LogP contribution >= 0.6 is 11.6 Å². The summed E-state index contributed by atoms with van der Waals surface area (Å²) in [4.78, 5) is 25.5. The lowest BCUT2D eigenvalue weighted by Gasteiger charge is -2.46. The Balaban J connectivity index is 1.49. The van der Waals surface area contributed by atoms with Crippen molar-refractivity contribution in [3.8, 4) is 5.88 Å². The zero-order valence-electron chi connectivity index (χ0n) is 19.0. The van der Waals surface area contributed by atoms with E-state index < -0.39 is 11.4 Å². The Kier molecular flexibility index (Phi) is 6.77. The summed E-state index contributed by atoms with van der Waals surface area (Å²) in [6.45, 7) is 14.0. The van der Waals surface area contributed by atoms with Gasteiger partial charge in [0.15, 0.2) is 11.5 Å². The minimum absolute atomic E-state index is 0.102. The van der Waals surface area contributed by atoms with Crippen molar-refractivity contribution in [2.75, 3.05) is 31.6 Å². The number of carbonyl (C=O) groups is 1. The van der Waals surface area contributed by atoms with E-state index in [4.69, 9.17) is 32.4 Å². The van der Waals surface area contributed by atoms with Crippen molar-refractivity contribution >= 4 is 34.9 Å². The first-order valence-electron chi connectivity index (χ1n) is 10.8. The van der Waals surface area contributed by atoms with Crippen LogP contribution in [0.4, 0.5) is 26.4 Å². The van der Waals surface area contributed by atoms with E-state index in [1.54, 1.807) is 17.0 Å². The molecule has 2 saturated heterocycles. The van der Waals surface area contributed by atoms with Crippen LogP contribution in [-0.2, 0) is 9.47 Å². The first kappa shape index (κ1) is 24.0. The third-order valence-corrected chi connectivity index (χ3v) is 5.81. The molecule has 2 aromatic rings. The molecule has 0 spiro atoms. The number of anilines is 2. The van der Waals surface area contributed by atoms with Gasteiger partial charge in [0.1, 0.15) is 18.0 Å². The molecule has 2 aliphatic heterocycles. The van der Waals surface area contributed by atoms with E-state index in [0.717, 1.165) is 0 Å². The number of aromatic nitrogens is 2. The van der Waals surface area contributed by atoms with Crippen molar-refractivity contribution in [3.63, 3.8) is 0 Å². The first-order valence-corrected chi connectivity index (χ1v) is 11.2. The van der Waals surface area contributed by atoms with Crippen LogP contribution in [0, 0.1) is 24.2 Å². The fourth-order valence-electron chi connectivity index (χ4n) is 4.02. The molecule has 180 valence electrons. The molecule has 0 aliphatic carbocycles. The predicted octanol–water partition coefficient (Wildman–Crippen LogP) is 4.82. The fraction of sp³-hybridized carbons (Fsp3) is 0.478. The highest BCUT2D eigenvalue weighted by Gasteiger charge is 2.44. The van der Waals surface area contributed by atoms with E-state index in [9.17, 15) is 4.79 Å². The summed E-state index contributed by atoms with van der Waals surface area (Å²) in [6, 6.07) is 4.62.